The predicted octanol–water partition coefficient (Wildman–Crippen LogP) is 1.32. The number of hydrogen-bond acceptors (Lipinski definition) is 4. The fourth-order valence-electron chi connectivity index (χ4n) is 2.40. The number of rotatable bonds is 7. The number of nitrogens with zero attached hydrogens (tertiary/aromatic N) is 4. The number of hydrogen-bond donors (Lipinski definition) is 2. The summed E-state index contributed by atoms with van der Waals surface area (Å²) in [4.78, 5) is 4.59. The van der Waals surface area contributed by atoms with E-state index in [1.54, 1.807) is 7.11 Å². The summed E-state index contributed by atoms with van der Waals surface area (Å²) >= 11 is 0. The Morgan fingerprint density at radius 2 is 2.18 bits per heavy atom. The summed E-state index contributed by atoms with van der Waals surface area (Å²) in [7, 11) is 1.72. The van der Waals surface area contributed by atoms with Gasteiger partial charge in [-0.3, -0.25) is 0 Å². The number of fused-ring (bicyclic) bond motifs is 1. The minimum Gasteiger partial charge on any atom is -0.385 e. The Balaban J connectivity index is 0.00000242. The maximum absolute atomic E-state index is 5.04. The summed E-state index contributed by atoms with van der Waals surface area (Å²) in [5.74, 6) is 2.88. The molecule has 0 unspecified atom stereocenters. The lowest BCUT2D eigenvalue weighted by Gasteiger charge is -2.14. The fourth-order valence-corrected chi connectivity index (χ4v) is 2.40. The van der Waals surface area contributed by atoms with Crippen molar-refractivity contribution in [2.75, 3.05) is 26.8 Å². The molecule has 2 N–H and O–H groups in total. The largest absolute Gasteiger partial charge is 0.385 e. The Morgan fingerprint density at radius 3 is 2.95 bits per heavy atom. The molecule has 2 heterocycles. The summed E-state index contributed by atoms with van der Waals surface area (Å²) in [6, 6.07) is 0. The van der Waals surface area contributed by atoms with Gasteiger partial charge in [-0.05, 0) is 26.2 Å². The van der Waals surface area contributed by atoms with E-state index in [4.69, 9.17) is 4.74 Å². The molecule has 0 bridgehead atoms. The van der Waals surface area contributed by atoms with Gasteiger partial charge in [0.15, 0.2) is 11.8 Å². The zero-order chi connectivity index (χ0) is 14.9. The first kappa shape index (κ1) is 19.1. The Labute approximate surface area is 149 Å². The Kier molecular flexibility index (Phi) is 9.37. The molecule has 22 heavy (non-hydrogen) atoms. The lowest BCUT2D eigenvalue weighted by molar-refractivity contribution is 0.195. The molecule has 7 nitrogen and oxygen atoms in total. The first-order valence-electron chi connectivity index (χ1n) is 7.77. The van der Waals surface area contributed by atoms with Gasteiger partial charge in [-0.2, -0.15) is 0 Å². The van der Waals surface area contributed by atoms with Crippen molar-refractivity contribution in [1.82, 2.24) is 25.4 Å². The van der Waals surface area contributed by atoms with Gasteiger partial charge in [-0.25, -0.2) is 4.99 Å². The summed E-state index contributed by atoms with van der Waals surface area (Å²) < 4.78 is 7.25. The van der Waals surface area contributed by atoms with Gasteiger partial charge in [-0.15, -0.1) is 34.2 Å². The zero-order valence-corrected chi connectivity index (χ0v) is 15.8. The van der Waals surface area contributed by atoms with Crippen LogP contribution in [0.3, 0.4) is 0 Å². The Morgan fingerprint density at radius 1 is 1.32 bits per heavy atom. The van der Waals surface area contributed by atoms with Crippen LogP contribution in [0.5, 0.6) is 0 Å². The third kappa shape index (κ3) is 5.71. The van der Waals surface area contributed by atoms with E-state index in [2.05, 4.69) is 37.3 Å². The van der Waals surface area contributed by atoms with Gasteiger partial charge in [0.05, 0.1) is 0 Å². The van der Waals surface area contributed by atoms with Crippen LogP contribution in [0.4, 0.5) is 0 Å². The molecular formula is C14H27IN6O. The fraction of sp³-hybridized carbons (Fsp3) is 0.786. The van der Waals surface area contributed by atoms with Crippen LogP contribution in [0.15, 0.2) is 4.99 Å². The van der Waals surface area contributed by atoms with Crippen LogP contribution in [0.25, 0.3) is 0 Å². The third-order valence-electron chi connectivity index (χ3n) is 3.48. The van der Waals surface area contributed by atoms with Crippen LogP contribution in [0.1, 0.15) is 37.8 Å². The van der Waals surface area contributed by atoms with Crippen molar-refractivity contribution < 1.29 is 4.74 Å². The number of aliphatic imine (C=N–C) groups is 1. The second-order valence-electron chi connectivity index (χ2n) is 5.11. The van der Waals surface area contributed by atoms with Crippen molar-refractivity contribution in [3.05, 3.63) is 11.6 Å². The molecule has 1 aliphatic rings. The molecule has 0 amide bonds. The maximum Gasteiger partial charge on any atom is 0.191 e. The second kappa shape index (κ2) is 10.8. The van der Waals surface area contributed by atoms with Crippen LogP contribution in [-0.2, 0) is 24.2 Å². The van der Waals surface area contributed by atoms with E-state index >= 15 is 0 Å². The molecule has 1 aromatic rings. The van der Waals surface area contributed by atoms with E-state index in [-0.39, 0.29) is 24.0 Å². The number of ether oxygens (including phenoxy) is 1. The molecule has 0 atom stereocenters. The highest BCUT2D eigenvalue weighted by Crippen LogP contribution is 2.14. The van der Waals surface area contributed by atoms with E-state index in [9.17, 15) is 0 Å². The molecule has 0 aliphatic carbocycles. The number of guanidine groups is 1. The van der Waals surface area contributed by atoms with Gasteiger partial charge >= 0.3 is 0 Å². The lowest BCUT2D eigenvalue weighted by atomic mass is 10.2. The number of aromatic nitrogens is 3. The monoisotopic (exact) mass is 422 g/mol. The van der Waals surface area contributed by atoms with Crippen molar-refractivity contribution in [2.24, 2.45) is 4.99 Å². The summed E-state index contributed by atoms with van der Waals surface area (Å²) in [5, 5.41) is 15.1. The quantitative estimate of drug-likeness (QED) is 0.300. The summed E-state index contributed by atoms with van der Waals surface area (Å²) in [6.07, 6.45) is 4.41. The number of halogens is 1. The molecular weight excluding hydrogens is 395 g/mol. The Hall–Kier alpha value is -0.900. The minimum absolute atomic E-state index is 0. The molecule has 0 saturated carbocycles. The highest BCUT2D eigenvalue weighted by Gasteiger charge is 2.15. The molecule has 0 aromatic carbocycles. The van der Waals surface area contributed by atoms with Crippen molar-refractivity contribution in [3.63, 3.8) is 0 Å². The molecule has 0 saturated heterocycles. The van der Waals surface area contributed by atoms with Crippen LogP contribution >= 0.6 is 24.0 Å². The molecule has 8 heteroatoms. The maximum atomic E-state index is 5.04. The van der Waals surface area contributed by atoms with Crippen molar-refractivity contribution in [1.29, 1.82) is 0 Å². The standard InChI is InChI=1S/C14H26N6O.HI/c1-3-15-14(16-8-6-10-21-2)17-11-13-19-18-12-7-4-5-9-20(12)13;/h3-11H2,1-2H3,(H2,15,16,17);1H. The lowest BCUT2D eigenvalue weighted by Crippen LogP contribution is -2.38. The summed E-state index contributed by atoms with van der Waals surface area (Å²) in [6.45, 7) is 6.08. The van der Waals surface area contributed by atoms with Crippen molar-refractivity contribution in [3.8, 4) is 0 Å². The normalized spacial score (nSPS) is 14.2. The van der Waals surface area contributed by atoms with E-state index in [1.807, 2.05) is 0 Å². The molecule has 1 aliphatic heterocycles. The zero-order valence-electron chi connectivity index (χ0n) is 13.5. The Bertz CT molecular complexity index is 462. The molecule has 2 rings (SSSR count). The second-order valence-corrected chi connectivity index (χ2v) is 5.11. The minimum atomic E-state index is 0. The first-order chi connectivity index (χ1) is 10.3. The summed E-state index contributed by atoms with van der Waals surface area (Å²) in [5.41, 5.74) is 0. The van der Waals surface area contributed by atoms with Gasteiger partial charge < -0.3 is 19.9 Å². The van der Waals surface area contributed by atoms with Gasteiger partial charge in [-0.1, -0.05) is 0 Å². The highest BCUT2D eigenvalue weighted by atomic mass is 127. The van der Waals surface area contributed by atoms with Gasteiger partial charge in [0.2, 0.25) is 0 Å². The predicted molar refractivity (Wildman–Crippen MR) is 97.7 cm³/mol. The van der Waals surface area contributed by atoms with Crippen molar-refractivity contribution >= 4 is 29.9 Å². The van der Waals surface area contributed by atoms with E-state index in [0.717, 1.165) is 56.7 Å². The SMILES string of the molecule is CCNC(=NCc1nnc2n1CCCC2)NCCCOC.I. The number of nitrogens with one attached hydrogen (secondary N) is 2. The number of methoxy groups -OCH3 is 1. The average molecular weight is 422 g/mol. The topological polar surface area (TPSA) is 76.4 Å². The molecule has 0 spiro atoms. The van der Waals surface area contributed by atoms with E-state index in [1.165, 1.54) is 12.8 Å². The van der Waals surface area contributed by atoms with Crippen molar-refractivity contribution in [2.45, 2.75) is 45.7 Å². The first-order valence-corrected chi connectivity index (χ1v) is 7.77. The van der Waals surface area contributed by atoms with E-state index < -0.39 is 0 Å². The van der Waals surface area contributed by atoms with Crippen LogP contribution < -0.4 is 10.6 Å². The average Bonchev–Trinajstić information content (AvgIpc) is 2.92. The molecule has 126 valence electrons. The smallest absolute Gasteiger partial charge is 0.191 e. The van der Waals surface area contributed by atoms with Gasteiger partial charge in [0, 0.05) is 39.8 Å². The van der Waals surface area contributed by atoms with E-state index in [0.29, 0.717) is 6.54 Å². The molecule has 0 radical (unpaired) electrons. The molecule has 0 fully saturated rings. The van der Waals surface area contributed by atoms with Crippen LogP contribution in [0, 0.1) is 0 Å². The number of aryl methyl sites for hydroxylation is 1. The van der Waals surface area contributed by atoms with Gasteiger partial charge in [0.1, 0.15) is 12.4 Å². The van der Waals surface area contributed by atoms with Crippen LogP contribution in [-0.4, -0.2) is 47.5 Å². The highest BCUT2D eigenvalue weighted by molar-refractivity contribution is 14.0. The van der Waals surface area contributed by atoms with Gasteiger partial charge in [0.25, 0.3) is 0 Å². The third-order valence-corrected chi connectivity index (χ3v) is 3.48. The van der Waals surface area contributed by atoms with Crippen LogP contribution in [0.2, 0.25) is 0 Å². The molecule has 1 aromatic heterocycles.